The first-order valence-corrected chi connectivity index (χ1v) is 6.58. The molecular formula is C13H24N2. The van der Waals surface area contributed by atoms with E-state index in [1.54, 1.807) is 6.42 Å². The molecule has 2 heteroatoms. The lowest BCUT2D eigenvalue weighted by Crippen LogP contribution is -2.37. The standard InChI is InChI=1S/C13H24N2/c1-13(2,14)5-6-15-12-10-8-3-4-9(7-8)11(10)12/h8-12,15H,3-7,14H2,1-2H3. The lowest BCUT2D eigenvalue weighted by atomic mass is 10.0. The van der Waals surface area contributed by atoms with E-state index in [1.165, 1.54) is 12.8 Å². The van der Waals surface area contributed by atoms with Gasteiger partial charge in [-0.2, -0.15) is 0 Å². The van der Waals surface area contributed by atoms with E-state index in [0.29, 0.717) is 0 Å². The lowest BCUT2D eigenvalue weighted by Gasteiger charge is -2.19. The maximum absolute atomic E-state index is 5.98. The number of nitrogens with two attached hydrogens (primary N) is 1. The van der Waals surface area contributed by atoms with E-state index in [0.717, 1.165) is 42.7 Å². The second-order valence-electron chi connectivity index (χ2n) is 6.71. The number of rotatable bonds is 4. The molecule has 0 spiro atoms. The van der Waals surface area contributed by atoms with Crippen molar-refractivity contribution in [2.24, 2.45) is 29.4 Å². The zero-order valence-corrected chi connectivity index (χ0v) is 10.00. The second kappa shape index (κ2) is 3.21. The SMILES string of the molecule is CC(C)(N)CCNC1C2C3CCC(C3)C12. The summed E-state index contributed by atoms with van der Waals surface area (Å²) in [5.41, 5.74) is 5.98. The molecule has 2 bridgehead atoms. The molecule has 0 aromatic heterocycles. The van der Waals surface area contributed by atoms with Crippen LogP contribution in [0, 0.1) is 23.7 Å². The van der Waals surface area contributed by atoms with Gasteiger partial charge in [-0.15, -0.1) is 0 Å². The van der Waals surface area contributed by atoms with Crippen molar-refractivity contribution in [3.8, 4) is 0 Å². The van der Waals surface area contributed by atoms with Gasteiger partial charge in [0, 0.05) is 11.6 Å². The Bertz CT molecular complexity index is 240. The summed E-state index contributed by atoms with van der Waals surface area (Å²) in [4.78, 5) is 0. The molecule has 4 unspecified atom stereocenters. The van der Waals surface area contributed by atoms with E-state index in [1.807, 2.05) is 0 Å². The van der Waals surface area contributed by atoms with Crippen LogP contribution in [0.15, 0.2) is 0 Å². The molecule has 0 aliphatic heterocycles. The summed E-state index contributed by atoms with van der Waals surface area (Å²) in [6.45, 7) is 5.35. The summed E-state index contributed by atoms with van der Waals surface area (Å²) >= 11 is 0. The second-order valence-corrected chi connectivity index (χ2v) is 6.71. The molecule has 15 heavy (non-hydrogen) atoms. The topological polar surface area (TPSA) is 38.0 Å². The van der Waals surface area contributed by atoms with Crippen molar-refractivity contribution in [3.05, 3.63) is 0 Å². The Kier molecular flexibility index (Phi) is 2.16. The van der Waals surface area contributed by atoms with Crippen LogP contribution < -0.4 is 11.1 Å². The number of hydrogen-bond donors (Lipinski definition) is 2. The van der Waals surface area contributed by atoms with Crippen molar-refractivity contribution < 1.29 is 0 Å². The van der Waals surface area contributed by atoms with Gasteiger partial charge in [0.1, 0.15) is 0 Å². The fourth-order valence-electron chi connectivity index (χ4n) is 4.16. The van der Waals surface area contributed by atoms with Crippen molar-refractivity contribution in [1.29, 1.82) is 0 Å². The Hall–Kier alpha value is -0.0800. The minimum atomic E-state index is -0.00399. The summed E-state index contributed by atoms with van der Waals surface area (Å²) in [5, 5.41) is 3.74. The van der Waals surface area contributed by atoms with Gasteiger partial charge in [-0.05, 0) is 69.7 Å². The van der Waals surface area contributed by atoms with E-state index in [2.05, 4.69) is 19.2 Å². The van der Waals surface area contributed by atoms with Crippen LogP contribution in [0.25, 0.3) is 0 Å². The molecule has 3 rings (SSSR count). The summed E-state index contributed by atoms with van der Waals surface area (Å²) in [6.07, 6.45) is 5.69. The van der Waals surface area contributed by atoms with E-state index >= 15 is 0 Å². The normalized spacial score (nSPS) is 47.0. The van der Waals surface area contributed by atoms with Crippen molar-refractivity contribution in [3.63, 3.8) is 0 Å². The van der Waals surface area contributed by atoms with Gasteiger partial charge in [0.2, 0.25) is 0 Å². The summed E-state index contributed by atoms with van der Waals surface area (Å²) in [7, 11) is 0. The number of hydrogen-bond acceptors (Lipinski definition) is 2. The first-order chi connectivity index (χ1) is 7.06. The summed E-state index contributed by atoms with van der Waals surface area (Å²) < 4.78 is 0. The van der Waals surface area contributed by atoms with Crippen LogP contribution in [0.3, 0.4) is 0 Å². The molecule has 0 saturated heterocycles. The maximum atomic E-state index is 5.98. The van der Waals surface area contributed by atoms with Crippen molar-refractivity contribution in [2.75, 3.05) is 6.54 Å². The van der Waals surface area contributed by atoms with Gasteiger partial charge < -0.3 is 11.1 Å². The van der Waals surface area contributed by atoms with Crippen LogP contribution in [-0.2, 0) is 0 Å². The van der Waals surface area contributed by atoms with Crippen LogP contribution in [0.5, 0.6) is 0 Å². The molecule has 86 valence electrons. The molecule has 3 aliphatic rings. The zero-order chi connectivity index (χ0) is 10.6. The van der Waals surface area contributed by atoms with E-state index in [9.17, 15) is 0 Å². The van der Waals surface area contributed by atoms with Crippen molar-refractivity contribution in [1.82, 2.24) is 5.32 Å². The molecule has 2 nitrogen and oxygen atoms in total. The number of nitrogens with one attached hydrogen (secondary N) is 1. The van der Waals surface area contributed by atoms with Gasteiger partial charge >= 0.3 is 0 Å². The molecular weight excluding hydrogens is 184 g/mol. The molecule has 0 heterocycles. The molecule has 0 amide bonds. The average molecular weight is 208 g/mol. The fourth-order valence-corrected chi connectivity index (χ4v) is 4.16. The molecule has 0 radical (unpaired) electrons. The average Bonchev–Trinajstić information content (AvgIpc) is 2.55. The first kappa shape index (κ1) is 10.1. The van der Waals surface area contributed by atoms with Crippen LogP contribution in [0.1, 0.15) is 39.5 Å². The third-order valence-electron chi connectivity index (χ3n) is 4.88. The first-order valence-electron chi connectivity index (χ1n) is 6.58. The monoisotopic (exact) mass is 208 g/mol. The number of fused-ring (bicyclic) bond motifs is 5. The van der Waals surface area contributed by atoms with Crippen LogP contribution in [0.2, 0.25) is 0 Å². The van der Waals surface area contributed by atoms with Gasteiger partial charge in [-0.25, -0.2) is 0 Å². The highest BCUT2D eigenvalue weighted by molar-refractivity contribution is 5.16. The largest absolute Gasteiger partial charge is 0.326 e. The minimum absolute atomic E-state index is 0.00399. The highest BCUT2D eigenvalue weighted by Crippen LogP contribution is 2.65. The highest BCUT2D eigenvalue weighted by Gasteiger charge is 2.64. The van der Waals surface area contributed by atoms with E-state index in [-0.39, 0.29) is 5.54 Å². The van der Waals surface area contributed by atoms with E-state index < -0.39 is 0 Å². The Morgan fingerprint density at radius 1 is 1.20 bits per heavy atom. The molecule has 3 fully saturated rings. The van der Waals surface area contributed by atoms with Gasteiger partial charge in [0.05, 0.1) is 0 Å². The van der Waals surface area contributed by atoms with Crippen LogP contribution in [-0.4, -0.2) is 18.1 Å². The summed E-state index contributed by atoms with van der Waals surface area (Å²) in [6, 6.07) is 0.874. The zero-order valence-electron chi connectivity index (χ0n) is 10.00. The lowest BCUT2D eigenvalue weighted by molar-refractivity contribution is 0.418. The Morgan fingerprint density at radius 2 is 1.80 bits per heavy atom. The highest BCUT2D eigenvalue weighted by atomic mass is 15.0. The third kappa shape index (κ3) is 1.72. The van der Waals surface area contributed by atoms with Gasteiger partial charge in [0.25, 0.3) is 0 Å². The van der Waals surface area contributed by atoms with Gasteiger partial charge in [-0.3, -0.25) is 0 Å². The fraction of sp³-hybridized carbons (Fsp3) is 1.00. The smallest absolute Gasteiger partial charge is 0.0136 e. The van der Waals surface area contributed by atoms with Crippen LogP contribution in [0.4, 0.5) is 0 Å². The maximum Gasteiger partial charge on any atom is 0.0136 e. The predicted molar refractivity (Wildman–Crippen MR) is 62.5 cm³/mol. The van der Waals surface area contributed by atoms with Crippen molar-refractivity contribution in [2.45, 2.75) is 51.1 Å². The molecule has 0 aromatic carbocycles. The third-order valence-corrected chi connectivity index (χ3v) is 4.88. The van der Waals surface area contributed by atoms with Crippen LogP contribution >= 0.6 is 0 Å². The molecule has 3 saturated carbocycles. The van der Waals surface area contributed by atoms with E-state index in [4.69, 9.17) is 5.73 Å². The Labute approximate surface area is 93.0 Å². The molecule has 4 atom stereocenters. The molecule has 0 aromatic rings. The minimum Gasteiger partial charge on any atom is -0.326 e. The molecule has 3 aliphatic carbocycles. The van der Waals surface area contributed by atoms with Gasteiger partial charge in [0.15, 0.2) is 0 Å². The predicted octanol–water partition coefficient (Wildman–Crippen LogP) is 1.75. The molecule has 3 N–H and O–H groups in total. The van der Waals surface area contributed by atoms with Crippen molar-refractivity contribution >= 4 is 0 Å². The quantitative estimate of drug-likeness (QED) is 0.738. The van der Waals surface area contributed by atoms with Gasteiger partial charge in [-0.1, -0.05) is 0 Å². The summed E-state index contributed by atoms with van der Waals surface area (Å²) in [5.74, 6) is 4.29. The Morgan fingerprint density at radius 3 is 2.33 bits per heavy atom. The Balaban J connectivity index is 1.45.